The maximum atomic E-state index is 12.2. The lowest BCUT2D eigenvalue weighted by Gasteiger charge is -2.09. The van der Waals surface area contributed by atoms with Gasteiger partial charge in [-0.1, -0.05) is 24.3 Å². The molecule has 0 amide bonds. The molecule has 0 bridgehead atoms. The first-order valence-corrected chi connectivity index (χ1v) is 7.18. The van der Waals surface area contributed by atoms with E-state index < -0.39 is 27.5 Å². The number of alkyl halides is 3. The molecular formula is C10H9F3N4O2S. The molecule has 0 unspecified atom stereocenters. The Morgan fingerprint density at radius 2 is 1.90 bits per heavy atom. The van der Waals surface area contributed by atoms with Crippen LogP contribution in [0.1, 0.15) is 5.56 Å². The third-order valence-corrected chi connectivity index (χ3v) is 3.88. The van der Waals surface area contributed by atoms with Crippen molar-refractivity contribution >= 4 is 9.84 Å². The molecule has 0 radical (unpaired) electrons. The van der Waals surface area contributed by atoms with Gasteiger partial charge >= 0.3 is 6.18 Å². The van der Waals surface area contributed by atoms with E-state index in [0.29, 0.717) is 5.56 Å². The number of aromatic nitrogens is 4. The quantitative estimate of drug-likeness (QED) is 0.921. The van der Waals surface area contributed by atoms with Crippen LogP contribution in [0.2, 0.25) is 0 Å². The molecule has 0 atom stereocenters. The number of rotatable bonds is 4. The van der Waals surface area contributed by atoms with E-state index >= 15 is 0 Å². The van der Waals surface area contributed by atoms with Gasteiger partial charge in [-0.15, -0.1) is 10.2 Å². The minimum Gasteiger partial charge on any atom is -0.228 e. The normalized spacial score (nSPS) is 12.6. The molecule has 0 fully saturated rings. The van der Waals surface area contributed by atoms with Crippen LogP contribution in [-0.4, -0.2) is 41.0 Å². The highest BCUT2D eigenvalue weighted by atomic mass is 32.2. The molecule has 2 aromatic rings. The second-order valence-electron chi connectivity index (χ2n) is 4.04. The number of benzene rings is 1. The van der Waals surface area contributed by atoms with Gasteiger partial charge in [-0.05, 0) is 10.8 Å². The summed E-state index contributed by atoms with van der Waals surface area (Å²) in [6.07, 6.45) is -4.76. The lowest BCUT2D eigenvalue weighted by molar-refractivity contribution is -0.106. The summed E-state index contributed by atoms with van der Waals surface area (Å²) < 4.78 is 59.7. The number of sulfone groups is 1. The Balaban J connectivity index is 2.31. The number of hydrogen-bond donors (Lipinski definition) is 1. The first kappa shape index (κ1) is 14.4. The number of tetrazole rings is 1. The van der Waals surface area contributed by atoms with E-state index in [4.69, 9.17) is 0 Å². The number of H-pyrrole nitrogens is 1. The van der Waals surface area contributed by atoms with Gasteiger partial charge < -0.3 is 0 Å². The van der Waals surface area contributed by atoms with E-state index in [1.54, 1.807) is 6.07 Å². The minimum absolute atomic E-state index is 0.128. The molecule has 1 aromatic carbocycles. The van der Waals surface area contributed by atoms with Gasteiger partial charge in [0.2, 0.25) is 5.82 Å². The number of nitrogens with zero attached hydrogens (tertiary/aromatic N) is 3. The summed E-state index contributed by atoms with van der Waals surface area (Å²) in [7, 11) is -4.32. The standard InChI is InChI=1S/C10H9F3N4O2S/c11-10(12,13)6-20(18,19)5-7-3-1-2-4-8(7)9-14-16-17-15-9/h1-4H,5-6H2,(H,14,15,16,17). The Kier molecular flexibility index (Phi) is 3.75. The Hall–Kier alpha value is -1.97. The van der Waals surface area contributed by atoms with Crippen molar-refractivity contribution in [1.82, 2.24) is 20.6 Å². The van der Waals surface area contributed by atoms with E-state index in [9.17, 15) is 21.6 Å². The molecule has 0 saturated carbocycles. The Morgan fingerprint density at radius 3 is 2.50 bits per heavy atom. The van der Waals surface area contributed by atoms with Crippen LogP contribution in [0.3, 0.4) is 0 Å². The molecule has 0 aliphatic heterocycles. The summed E-state index contributed by atoms with van der Waals surface area (Å²) in [5.74, 6) is -2.47. The van der Waals surface area contributed by atoms with Gasteiger partial charge in [0.25, 0.3) is 0 Å². The molecular weight excluding hydrogens is 297 g/mol. The third-order valence-electron chi connectivity index (χ3n) is 2.36. The van der Waals surface area contributed by atoms with Crippen molar-refractivity contribution in [2.75, 3.05) is 5.75 Å². The van der Waals surface area contributed by atoms with E-state index in [1.165, 1.54) is 18.2 Å². The third kappa shape index (κ3) is 3.76. The maximum absolute atomic E-state index is 12.2. The maximum Gasteiger partial charge on any atom is 0.402 e. The molecule has 108 valence electrons. The molecule has 0 aliphatic rings. The molecule has 0 aliphatic carbocycles. The van der Waals surface area contributed by atoms with Crippen LogP contribution in [0, 0.1) is 0 Å². The first-order valence-electron chi connectivity index (χ1n) is 5.36. The molecule has 0 saturated heterocycles. The molecule has 20 heavy (non-hydrogen) atoms. The predicted octanol–water partition coefficient (Wildman–Crippen LogP) is 1.34. The van der Waals surface area contributed by atoms with Crippen LogP contribution >= 0.6 is 0 Å². The second-order valence-corrected chi connectivity index (χ2v) is 6.10. The summed E-state index contributed by atoms with van der Waals surface area (Å²) >= 11 is 0. The van der Waals surface area contributed by atoms with E-state index in [2.05, 4.69) is 20.6 Å². The summed E-state index contributed by atoms with van der Waals surface area (Å²) in [4.78, 5) is 0. The van der Waals surface area contributed by atoms with Crippen LogP contribution in [0.25, 0.3) is 11.4 Å². The fraction of sp³-hybridized carbons (Fsp3) is 0.300. The first-order chi connectivity index (χ1) is 9.27. The molecule has 1 aromatic heterocycles. The zero-order chi connectivity index (χ0) is 14.8. The molecule has 1 N–H and O–H groups in total. The van der Waals surface area contributed by atoms with Gasteiger partial charge in [0.1, 0.15) is 5.75 Å². The second kappa shape index (κ2) is 5.19. The highest BCUT2D eigenvalue weighted by Crippen LogP contribution is 2.24. The van der Waals surface area contributed by atoms with Crippen molar-refractivity contribution < 1.29 is 21.6 Å². The SMILES string of the molecule is O=S(=O)(Cc1ccccc1-c1nn[nH]n1)CC(F)(F)F. The lowest BCUT2D eigenvalue weighted by atomic mass is 10.1. The number of nitrogens with one attached hydrogen (secondary N) is 1. The Morgan fingerprint density at radius 1 is 1.20 bits per heavy atom. The zero-order valence-corrected chi connectivity index (χ0v) is 10.7. The number of halogens is 3. The average molecular weight is 306 g/mol. The summed E-state index contributed by atoms with van der Waals surface area (Å²) in [6, 6.07) is 6.07. The van der Waals surface area contributed by atoms with Crippen LogP contribution in [0.5, 0.6) is 0 Å². The highest BCUT2D eigenvalue weighted by Gasteiger charge is 2.35. The van der Waals surface area contributed by atoms with Crippen LogP contribution in [0.15, 0.2) is 24.3 Å². The van der Waals surface area contributed by atoms with Gasteiger partial charge in [0.05, 0.1) is 5.75 Å². The van der Waals surface area contributed by atoms with Crippen LogP contribution < -0.4 is 0 Å². The van der Waals surface area contributed by atoms with Crippen molar-refractivity contribution in [3.63, 3.8) is 0 Å². The van der Waals surface area contributed by atoms with Crippen molar-refractivity contribution in [2.45, 2.75) is 11.9 Å². The Labute approximate surface area is 111 Å². The van der Waals surface area contributed by atoms with Gasteiger partial charge in [0, 0.05) is 5.56 Å². The summed E-state index contributed by atoms with van der Waals surface area (Å²) in [6.45, 7) is 0. The predicted molar refractivity (Wildman–Crippen MR) is 63.2 cm³/mol. The number of hydrogen-bond acceptors (Lipinski definition) is 5. The van der Waals surface area contributed by atoms with Gasteiger partial charge in [0.15, 0.2) is 9.84 Å². The van der Waals surface area contributed by atoms with Gasteiger partial charge in [-0.25, -0.2) is 8.42 Å². The monoisotopic (exact) mass is 306 g/mol. The van der Waals surface area contributed by atoms with Crippen LogP contribution in [-0.2, 0) is 15.6 Å². The summed E-state index contributed by atoms with van der Waals surface area (Å²) in [5.41, 5.74) is 0.519. The van der Waals surface area contributed by atoms with Crippen molar-refractivity contribution in [1.29, 1.82) is 0 Å². The molecule has 1 heterocycles. The van der Waals surface area contributed by atoms with Crippen molar-refractivity contribution in [3.05, 3.63) is 29.8 Å². The van der Waals surface area contributed by atoms with Gasteiger partial charge in [-0.2, -0.15) is 18.4 Å². The van der Waals surface area contributed by atoms with E-state index in [-0.39, 0.29) is 11.4 Å². The fourth-order valence-corrected chi connectivity index (χ4v) is 3.00. The number of aromatic amines is 1. The molecule has 6 nitrogen and oxygen atoms in total. The van der Waals surface area contributed by atoms with Crippen LogP contribution in [0.4, 0.5) is 13.2 Å². The largest absolute Gasteiger partial charge is 0.402 e. The minimum atomic E-state index is -4.76. The fourth-order valence-electron chi connectivity index (χ4n) is 1.68. The molecule has 2 rings (SSSR count). The Bertz CT molecular complexity index is 683. The van der Waals surface area contributed by atoms with Crippen molar-refractivity contribution in [3.8, 4) is 11.4 Å². The zero-order valence-electron chi connectivity index (χ0n) is 9.92. The van der Waals surface area contributed by atoms with E-state index in [0.717, 1.165) is 0 Å². The highest BCUT2D eigenvalue weighted by molar-refractivity contribution is 7.90. The molecule has 0 spiro atoms. The smallest absolute Gasteiger partial charge is 0.228 e. The van der Waals surface area contributed by atoms with Gasteiger partial charge in [-0.3, -0.25) is 0 Å². The van der Waals surface area contributed by atoms with Crippen molar-refractivity contribution in [2.24, 2.45) is 0 Å². The average Bonchev–Trinajstić information content (AvgIpc) is 2.78. The lowest BCUT2D eigenvalue weighted by Crippen LogP contribution is -2.24. The molecule has 10 heteroatoms. The topological polar surface area (TPSA) is 88.6 Å². The van der Waals surface area contributed by atoms with E-state index in [1.807, 2.05) is 0 Å². The summed E-state index contributed by atoms with van der Waals surface area (Å²) in [5, 5.41) is 12.9.